The molecule has 4 heterocycles. The predicted octanol–water partition coefficient (Wildman–Crippen LogP) is 11.0. The average molecular weight is 742 g/mol. The lowest BCUT2D eigenvalue weighted by Gasteiger charge is -2.26. The summed E-state index contributed by atoms with van der Waals surface area (Å²) in [6, 6.07) is 36.1. The molecule has 2 N–H and O–H groups in total. The standard InChI is InChI=1S/C39H23N3O5S4/c1-47-29-12-10-28(11-13-29)42(26-6-2-22(3-7-26)32-18-36-34(50-32)16-30(48-36)14-24(20-40)38(43)44)27-8-4-23(5-9-27)33-19-37-35(51-33)17-31(49-37)15-25(21-41)39(45)46/h2-19H,1H3,(H,43,44)(H,45,46). The largest absolute Gasteiger partial charge is 0.497 e. The fourth-order valence-electron chi connectivity index (χ4n) is 5.43. The van der Waals surface area contributed by atoms with Crippen molar-refractivity contribution in [3.8, 4) is 38.8 Å². The number of hydrogen-bond donors (Lipinski definition) is 2. The van der Waals surface area contributed by atoms with Gasteiger partial charge in [0.2, 0.25) is 0 Å². The van der Waals surface area contributed by atoms with Crippen LogP contribution in [0, 0.1) is 22.7 Å². The lowest BCUT2D eigenvalue weighted by Crippen LogP contribution is -2.09. The van der Waals surface area contributed by atoms with Crippen molar-refractivity contribution in [3.63, 3.8) is 0 Å². The number of nitriles is 2. The van der Waals surface area contributed by atoms with Crippen LogP contribution < -0.4 is 9.64 Å². The van der Waals surface area contributed by atoms with E-state index in [0.717, 1.165) is 72.2 Å². The minimum atomic E-state index is -1.24. The van der Waals surface area contributed by atoms with Gasteiger partial charge in [-0.25, -0.2) is 9.59 Å². The van der Waals surface area contributed by atoms with E-state index in [-0.39, 0.29) is 11.1 Å². The van der Waals surface area contributed by atoms with Crippen LogP contribution in [0.4, 0.5) is 17.1 Å². The maximum atomic E-state index is 11.3. The molecule has 4 aromatic heterocycles. The Labute approximate surface area is 307 Å². The maximum Gasteiger partial charge on any atom is 0.346 e. The van der Waals surface area contributed by atoms with Crippen molar-refractivity contribution >= 4 is 105 Å². The average Bonchev–Trinajstić information content (AvgIpc) is 3.91. The fourth-order valence-corrected chi connectivity index (χ4v) is 10.1. The molecule has 0 bridgehead atoms. The Hall–Kier alpha value is -6.02. The third-order valence-electron chi connectivity index (χ3n) is 7.88. The van der Waals surface area contributed by atoms with Crippen molar-refractivity contribution in [1.82, 2.24) is 0 Å². The molecule has 0 aliphatic carbocycles. The number of rotatable bonds is 10. The van der Waals surface area contributed by atoms with E-state index in [1.807, 2.05) is 36.4 Å². The number of aliphatic carboxylic acids is 2. The molecule has 51 heavy (non-hydrogen) atoms. The first kappa shape index (κ1) is 33.5. The summed E-state index contributed by atoms with van der Waals surface area (Å²) < 4.78 is 9.53. The Morgan fingerprint density at radius 1 is 0.608 bits per heavy atom. The van der Waals surface area contributed by atoms with Gasteiger partial charge in [-0.15, -0.1) is 45.3 Å². The van der Waals surface area contributed by atoms with Crippen LogP contribution >= 0.6 is 45.3 Å². The van der Waals surface area contributed by atoms with Crippen molar-refractivity contribution < 1.29 is 24.5 Å². The van der Waals surface area contributed by atoms with Gasteiger partial charge in [-0.1, -0.05) is 24.3 Å². The van der Waals surface area contributed by atoms with Crippen molar-refractivity contribution in [2.75, 3.05) is 12.0 Å². The molecular weight excluding hydrogens is 719 g/mol. The first-order valence-electron chi connectivity index (χ1n) is 15.1. The molecule has 248 valence electrons. The van der Waals surface area contributed by atoms with Gasteiger partial charge in [-0.3, -0.25) is 0 Å². The van der Waals surface area contributed by atoms with Gasteiger partial charge in [0.1, 0.15) is 29.0 Å². The molecular formula is C39H23N3O5S4. The number of hydrogen-bond acceptors (Lipinski definition) is 10. The molecule has 3 aromatic carbocycles. The third-order valence-corrected chi connectivity index (χ3v) is 12.5. The molecule has 0 saturated heterocycles. The highest BCUT2D eigenvalue weighted by Crippen LogP contribution is 2.43. The monoisotopic (exact) mass is 741 g/mol. The molecule has 0 spiro atoms. The smallest absolute Gasteiger partial charge is 0.346 e. The highest BCUT2D eigenvalue weighted by atomic mass is 32.1. The summed E-state index contributed by atoms with van der Waals surface area (Å²) in [6.45, 7) is 0. The highest BCUT2D eigenvalue weighted by molar-refractivity contribution is 7.30. The van der Waals surface area contributed by atoms with Crippen LogP contribution in [0.5, 0.6) is 5.75 Å². The first-order chi connectivity index (χ1) is 24.7. The number of ether oxygens (including phenoxy) is 1. The Bertz CT molecular complexity index is 2370. The van der Waals surface area contributed by atoms with Gasteiger partial charge in [-0.05, 0) is 96.1 Å². The van der Waals surface area contributed by atoms with Gasteiger partial charge in [0.05, 0.1) is 7.11 Å². The zero-order chi connectivity index (χ0) is 35.6. The second kappa shape index (κ2) is 14.1. The number of carboxylic acids is 2. The molecule has 0 saturated carbocycles. The van der Waals surface area contributed by atoms with Gasteiger partial charge >= 0.3 is 11.9 Å². The molecule has 0 amide bonds. The van der Waals surface area contributed by atoms with Crippen LogP contribution in [0.25, 0.3) is 51.8 Å². The van der Waals surface area contributed by atoms with Crippen molar-refractivity contribution in [1.29, 1.82) is 10.5 Å². The van der Waals surface area contributed by atoms with Crippen LogP contribution in [0.15, 0.2) is 108 Å². The zero-order valence-corrected chi connectivity index (χ0v) is 29.8. The Morgan fingerprint density at radius 3 is 1.31 bits per heavy atom. The van der Waals surface area contributed by atoms with Crippen molar-refractivity contribution in [2.45, 2.75) is 0 Å². The lowest BCUT2D eigenvalue weighted by atomic mass is 10.1. The quantitative estimate of drug-likeness (QED) is 0.104. The summed E-state index contributed by atoms with van der Waals surface area (Å²) in [5.74, 6) is -1.72. The second-order valence-corrected chi connectivity index (χ2v) is 15.5. The molecule has 7 aromatic rings. The number of thiophene rings is 4. The van der Waals surface area contributed by atoms with Crippen LogP contribution in [0.1, 0.15) is 9.75 Å². The number of carbonyl (C=O) groups is 2. The molecule has 0 aliphatic rings. The minimum absolute atomic E-state index is 0.290. The van der Waals surface area contributed by atoms with Gasteiger partial charge in [0, 0.05) is 55.4 Å². The number of fused-ring (bicyclic) bond motifs is 2. The summed E-state index contributed by atoms with van der Waals surface area (Å²) in [5.41, 5.74) is 4.43. The van der Waals surface area contributed by atoms with E-state index in [1.165, 1.54) is 34.8 Å². The molecule has 0 fully saturated rings. The Morgan fingerprint density at radius 2 is 0.980 bits per heavy atom. The lowest BCUT2D eigenvalue weighted by molar-refractivity contribution is -0.133. The van der Waals surface area contributed by atoms with Crippen LogP contribution in [0.3, 0.4) is 0 Å². The van der Waals surface area contributed by atoms with Crippen LogP contribution in [0.2, 0.25) is 0 Å². The molecule has 0 atom stereocenters. The number of nitrogens with zero attached hydrogens (tertiary/aromatic N) is 3. The van der Waals surface area contributed by atoms with Gasteiger partial charge in [-0.2, -0.15) is 10.5 Å². The Kier molecular flexibility index (Phi) is 9.24. The van der Waals surface area contributed by atoms with Crippen molar-refractivity contribution in [2.24, 2.45) is 0 Å². The van der Waals surface area contributed by atoms with Crippen LogP contribution in [-0.2, 0) is 9.59 Å². The fraction of sp³-hybridized carbons (Fsp3) is 0.0256. The van der Waals surface area contributed by atoms with E-state index >= 15 is 0 Å². The minimum Gasteiger partial charge on any atom is -0.497 e. The van der Waals surface area contributed by atoms with E-state index in [2.05, 4.69) is 65.6 Å². The topological polar surface area (TPSA) is 135 Å². The Balaban J connectivity index is 1.17. The SMILES string of the molecule is COc1ccc(N(c2ccc(-c3cc4sc(C=C(C#N)C(=O)O)cc4s3)cc2)c2ccc(-c3cc4sc(C=C(C#N)C(=O)O)cc4s3)cc2)cc1. The van der Waals surface area contributed by atoms with E-state index in [4.69, 9.17) is 15.3 Å². The number of anilines is 3. The van der Waals surface area contributed by atoms with Gasteiger partial charge in [0.15, 0.2) is 0 Å². The molecule has 8 nitrogen and oxygen atoms in total. The molecule has 7 rings (SSSR count). The molecule has 0 aliphatic heterocycles. The van der Waals surface area contributed by atoms with Gasteiger partial charge < -0.3 is 19.8 Å². The highest BCUT2D eigenvalue weighted by Gasteiger charge is 2.16. The first-order valence-corrected chi connectivity index (χ1v) is 18.4. The summed E-state index contributed by atoms with van der Waals surface area (Å²) in [7, 11) is 1.64. The van der Waals surface area contributed by atoms with E-state index in [0.29, 0.717) is 0 Å². The van der Waals surface area contributed by atoms with E-state index in [1.54, 1.807) is 41.9 Å². The zero-order valence-electron chi connectivity index (χ0n) is 26.5. The number of methoxy groups -OCH3 is 1. The van der Waals surface area contributed by atoms with Gasteiger partial charge in [0.25, 0.3) is 0 Å². The van der Waals surface area contributed by atoms with E-state index < -0.39 is 11.9 Å². The number of benzene rings is 3. The summed E-state index contributed by atoms with van der Waals surface area (Å²) >= 11 is 6.15. The number of carboxylic acid groups (broad SMARTS) is 2. The predicted molar refractivity (Wildman–Crippen MR) is 208 cm³/mol. The molecule has 12 heteroatoms. The summed E-state index contributed by atoms with van der Waals surface area (Å²) in [6.07, 6.45) is 2.81. The van der Waals surface area contributed by atoms with E-state index in [9.17, 15) is 19.8 Å². The second-order valence-electron chi connectivity index (χ2n) is 11.1. The molecule has 0 unspecified atom stereocenters. The maximum absolute atomic E-state index is 11.3. The van der Waals surface area contributed by atoms with Crippen molar-refractivity contribution in [3.05, 3.63) is 118 Å². The third kappa shape index (κ3) is 6.90. The summed E-state index contributed by atoms with van der Waals surface area (Å²) in [5, 5.41) is 36.6. The summed E-state index contributed by atoms with van der Waals surface area (Å²) in [4.78, 5) is 28.3. The van der Waals surface area contributed by atoms with Crippen LogP contribution in [-0.4, -0.2) is 29.3 Å². The molecule has 0 radical (unpaired) electrons. The normalized spacial score (nSPS) is 11.7.